The van der Waals surface area contributed by atoms with Gasteiger partial charge in [0.15, 0.2) is 11.5 Å². The summed E-state index contributed by atoms with van der Waals surface area (Å²) in [5, 5.41) is 6.20. The predicted molar refractivity (Wildman–Crippen MR) is 144 cm³/mol. The molecule has 2 aromatic rings. The fourth-order valence-electron chi connectivity index (χ4n) is 3.24. The molecule has 2 aliphatic carbocycles. The summed E-state index contributed by atoms with van der Waals surface area (Å²) in [7, 11) is 2.99. The maximum absolute atomic E-state index is 11.9. The van der Waals surface area contributed by atoms with Gasteiger partial charge in [-0.2, -0.15) is 0 Å². The average molecular weight is 542 g/mol. The standard InChI is InChI=1S/2C15H15NO2.Co/c2*1-11-6-8-13(9-7-11)16-10-12-4-3-5-14(18-2)15(12)17;/h2*3-10,16H,1-2H3;/b2*12-10-;. The predicted octanol–water partition coefficient (Wildman–Crippen LogP) is 5.92. The first-order chi connectivity index (χ1) is 17.4. The summed E-state index contributed by atoms with van der Waals surface area (Å²) in [6.45, 7) is 4.07. The number of aryl methyl sites for hydroxylation is 2. The summed E-state index contributed by atoms with van der Waals surface area (Å²) in [5.41, 5.74) is 5.45. The van der Waals surface area contributed by atoms with Crippen molar-refractivity contribution in [1.82, 2.24) is 0 Å². The van der Waals surface area contributed by atoms with Gasteiger partial charge in [0.2, 0.25) is 11.6 Å². The molecule has 2 aliphatic rings. The zero-order valence-corrected chi connectivity index (χ0v) is 22.2. The van der Waals surface area contributed by atoms with Gasteiger partial charge >= 0.3 is 0 Å². The van der Waals surface area contributed by atoms with E-state index in [1.165, 1.54) is 25.3 Å². The summed E-state index contributed by atoms with van der Waals surface area (Å²) >= 11 is 0. The Bertz CT molecular complexity index is 1180. The van der Waals surface area contributed by atoms with E-state index in [9.17, 15) is 9.59 Å². The van der Waals surface area contributed by atoms with Crippen molar-refractivity contribution in [2.45, 2.75) is 13.8 Å². The number of carbonyl (C=O) groups excluding carboxylic acids is 2. The van der Waals surface area contributed by atoms with Crippen LogP contribution in [-0.4, -0.2) is 25.8 Å². The Morgan fingerprint density at radius 1 is 0.622 bits per heavy atom. The van der Waals surface area contributed by atoms with Crippen molar-refractivity contribution < 1.29 is 35.8 Å². The van der Waals surface area contributed by atoms with Crippen LogP contribution in [0.15, 0.2) is 120 Å². The Morgan fingerprint density at radius 3 is 1.30 bits per heavy atom. The number of ketones is 2. The minimum Gasteiger partial charge on any atom is -0.493 e. The molecule has 37 heavy (non-hydrogen) atoms. The molecular formula is C30H30CoN2O4. The first kappa shape index (κ1) is 29.2. The first-order valence-electron chi connectivity index (χ1n) is 11.4. The van der Waals surface area contributed by atoms with E-state index in [-0.39, 0.29) is 28.3 Å². The zero-order valence-electron chi connectivity index (χ0n) is 21.2. The molecule has 7 heteroatoms. The molecule has 4 rings (SSSR count). The van der Waals surface area contributed by atoms with Crippen LogP contribution in [0.3, 0.4) is 0 Å². The molecule has 0 heterocycles. The van der Waals surface area contributed by atoms with Crippen LogP contribution in [-0.2, 0) is 35.8 Å². The molecule has 0 atom stereocenters. The van der Waals surface area contributed by atoms with Crippen LogP contribution in [0.5, 0.6) is 0 Å². The number of allylic oxidation sites excluding steroid dienone is 8. The van der Waals surface area contributed by atoms with Gasteiger partial charge in [-0.3, -0.25) is 9.59 Å². The van der Waals surface area contributed by atoms with E-state index in [0.29, 0.717) is 22.7 Å². The molecule has 0 unspecified atom stereocenters. The molecule has 1 radical (unpaired) electrons. The molecule has 0 aromatic heterocycles. The molecule has 6 nitrogen and oxygen atoms in total. The molecule has 193 valence electrons. The van der Waals surface area contributed by atoms with Gasteiger partial charge in [0.1, 0.15) is 0 Å². The van der Waals surface area contributed by atoms with E-state index in [1.54, 1.807) is 48.9 Å². The van der Waals surface area contributed by atoms with Crippen molar-refractivity contribution in [3.8, 4) is 0 Å². The van der Waals surface area contributed by atoms with Gasteiger partial charge in [0, 0.05) is 51.7 Å². The van der Waals surface area contributed by atoms with Crippen molar-refractivity contribution in [1.29, 1.82) is 0 Å². The first-order valence-corrected chi connectivity index (χ1v) is 11.4. The number of hydrogen-bond acceptors (Lipinski definition) is 6. The molecule has 0 bridgehead atoms. The van der Waals surface area contributed by atoms with Crippen LogP contribution >= 0.6 is 0 Å². The van der Waals surface area contributed by atoms with E-state index >= 15 is 0 Å². The summed E-state index contributed by atoms with van der Waals surface area (Å²) in [4.78, 5) is 23.8. The Balaban J connectivity index is 0.000000253. The molecule has 0 spiro atoms. The van der Waals surface area contributed by atoms with Gasteiger partial charge in [0.05, 0.1) is 14.2 Å². The molecule has 0 amide bonds. The molecule has 2 aromatic carbocycles. The number of benzene rings is 2. The number of carbonyl (C=O) groups is 2. The van der Waals surface area contributed by atoms with Crippen LogP contribution in [0, 0.1) is 13.8 Å². The Kier molecular flexibility index (Phi) is 11.4. The quantitative estimate of drug-likeness (QED) is 0.443. The zero-order chi connectivity index (χ0) is 25.9. The normalized spacial score (nSPS) is 16.2. The third kappa shape index (κ3) is 8.52. The fourth-order valence-corrected chi connectivity index (χ4v) is 3.24. The summed E-state index contributed by atoms with van der Waals surface area (Å²) in [5.74, 6) is 0.489. The second kappa shape index (κ2) is 14.5. The maximum atomic E-state index is 11.9. The number of anilines is 2. The van der Waals surface area contributed by atoms with Crippen LogP contribution < -0.4 is 10.6 Å². The number of rotatable bonds is 6. The van der Waals surface area contributed by atoms with Crippen molar-refractivity contribution in [3.63, 3.8) is 0 Å². The van der Waals surface area contributed by atoms with Crippen molar-refractivity contribution >= 4 is 22.9 Å². The Hall–Kier alpha value is -4.07. The minimum absolute atomic E-state index is 0. The van der Waals surface area contributed by atoms with Gasteiger partial charge < -0.3 is 20.1 Å². The second-order valence-electron chi connectivity index (χ2n) is 8.07. The van der Waals surface area contributed by atoms with E-state index in [4.69, 9.17) is 9.47 Å². The summed E-state index contributed by atoms with van der Waals surface area (Å²) in [6, 6.07) is 15.9. The summed E-state index contributed by atoms with van der Waals surface area (Å²) in [6.07, 6.45) is 13.8. The van der Waals surface area contributed by atoms with Crippen molar-refractivity contribution in [3.05, 3.63) is 131 Å². The average Bonchev–Trinajstić information content (AvgIpc) is 2.90. The largest absolute Gasteiger partial charge is 0.493 e. The Labute approximate surface area is 228 Å². The van der Waals surface area contributed by atoms with E-state index in [0.717, 1.165) is 11.4 Å². The minimum atomic E-state index is -0.111. The molecule has 0 saturated heterocycles. The van der Waals surface area contributed by atoms with Gasteiger partial charge in [-0.05, 0) is 62.4 Å². The number of methoxy groups -OCH3 is 2. The van der Waals surface area contributed by atoms with Crippen LogP contribution in [0.4, 0.5) is 11.4 Å². The van der Waals surface area contributed by atoms with Crippen molar-refractivity contribution in [2.24, 2.45) is 0 Å². The number of Topliss-reactive ketones (excluding diaryl/α,β-unsaturated/α-hetero) is 2. The molecular weight excluding hydrogens is 511 g/mol. The van der Waals surface area contributed by atoms with Gasteiger partial charge in [0.25, 0.3) is 0 Å². The van der Waals surface area contributed by atoms with E-state index in [2.05, 4.69) is 10.6 Å². The van der Waals surface area contributed by atoms with Crippen LogP contribution in [0.2, 0.25) is 0 Å². The Morgan fingerprint density at radius 2 is 0.973 bits per heavy atom. The maximum Gasteiger partial charge on any atom is 0.228 e. The van der Waals surface area contributed by atoms with Crippen molar-refractivity contribution in [2.75, 3.05) is 24.9 Å². The van der Waals surface area contributed by atoms with Gasteiger partial charge in [-0.1, -0.05) is 47.5 Å². The molecule has 0 saturated carbocycles. The topological polar surface area (TPSA) is 76.7 Å². The smallest absolute Gasteiger partial charge is 0.228 e. The summed E-state index contributed by atoms with van der Waals surface area (Å²) < 4.78 is 9.99. The van der Waals surface area contributed by atoms with Gasteiger partial charge in [-0.25, -0.2) is 0 Å². The SMILES string of the molecule is COC1=CC=C/C(=C/Nc2ccc(C)cc2)C1=O.COC1=CC=C/C(=C/Nc2ccc(C)cc2)C1=O.[Co]. The van der Waals surface area contributed by atoms with Crippen LogP contribution in [0.1, 0.15) is 11.1 Å². The van der Waals surface area contributed by atoms with Gasteiger partial charge in [-0.15, -0.1) is 0 Å². The number of nitrogens with one attached hydrogen (secondary N) is 2. The third-order valence-electron chi connectivity index (χ3n) is 5.35. The third-order valence-corrected chi connectivity index (χ3v) is 5.35. The monoisotopic (exact) mass is 541 g/mol. The number of hydrogen-bond donors (Lipinski definition) is 2. The van der Waals surface area contributed by atoms with Crippen LogP contribution in [0.25, 0.3) is 0 Å². The van der Waals surface area contributed by atoms with E-state index in [1.807, 2.05) is 62.4 Å². The molecule has 2 N–H and O–H groups in total. The number of ether oxygens (including phenoxy) is 2. The molecule has 0 aliphatic heterocycles. The van der Waals surface area contributed by atoms with E-state index < -0.39 is 0 Å². The molecule has 0 fully saturated rings. The second-order valence-corrected chi connectivity index (χ2v) is 8.07. The fraction of sp³-hybridized carbons (Fsp3) is 0.133.